The van der Waals surface area contributed by atoms with Crippen molar-refractivity contribution < 1.29 is 9.53 Å². The molecule has 1 fully saturated rings. The molecule has 1 aliphatic heterocycles. The van der Waals surface area contributed by atoms with Gasteiger partial charge in [0.2, 0.25) is 0 Å². The van der Waals surface area contributed by atoms with Crippen LogP contribution in [0.25, 0.3) is 0 Å². The molecule has 1 saturated heterocycles. The summed E-state index contributed by atoms with van der Waals surface area (Å²) in [7, 11) is 1.70. The van der Waals surface area contributed by atoms with E-state index in [1.165, 1.54) is 16.0 Å². The van der Waals surface area contributed by atoms with E-state index in [-0.39, 0.29) is 5.91 Å². The first-order valence-electron chi connectivity index (χ1n) is 10.6. The van der Waals surface area contributed by atoms with E-state index in [4.69, 9.17) is 4.74 Å². The fourth-order valence-electron chi connectivity index (χ4n) is 3.77. The van der Waals surface area contributed by atoms with Crippen LogP contribution in [0.1, 0.15) is 21.5 Å². The van der Waals surface area contributed by atoms with Crippen molar-refractivity contribution >= 4 is 23.4 Å². The van der Waals surface area contributed by atoms with Crippen molar-refractivity contribution in [1.82, 2.24) is 4.90 Å². The minimum absolute atomic E-state index is 0.109. The third kappa shape index (κ3) is 5.23. The number of para-hydroxylation sites is 2. The third-order valence-corrected chi connectivity index (χ3v) is 6.70. The highest BCUT2D eigenvalue weighted by Crippen LogP contribution is 2.28. The normalized spacial score (nSPS) is 13.9. The fraction of sp³-hybridized carbons (Fsp3) is 0.269. The number of rotatable bonds is 6. The first-order chi connectivity index (χ1) is 15.1. The van der Waals surface area contributed by atoms with E-state index in [1.807, 2.05) is 47.0 Å². The Morgan fingerprint density at radius 3 is 2.26 bits per heavy atom. The molecule has 0 atom stereocenters. The Hall–Kier alpha value is -2.92. The number of anilines is 1. The summed E-state index contributed by atoms with van der Waals surface area (Å²) in [4.78, 5) is 18.5. The van der Waals surface area contributed by atoms with Crippen LogP contribution < -0.4 is 9.64 Å². The van der Waals surface area contributed by atoms with Crippen molar-refractivity contribution in [3.8, 4) is 5.75 Å². The van der Waals surface area contributed by atoms with Crippen molar-refractivity contribution in [2.75, 3.05) is 38.2 Å². The zero-order valence-electron chi connectivity index (χ0n) is 18.1. The van der Waals surface area contributed by atoms with Gasteiger partial charge in [0.1, 0.15) is 5.75 Å². The number of thioether (sulfide) groups is 1. The molecule has 0 unspecified atom stereocenters. The Morgan fingerprint density at radius 2 is 1.58 bits per heavy atom. The summed E-state index contributed by atoms with van der Waals surface area (Å²) in [6, 6.07) is 24.7. The number of aryl methyl sites for hydroxylation is 1. The second-order valence-corrected chi connectivity index (χ2v) is 8.80. The molecule has 1 heterocycles. The van der Waals surface area contributed by atoms with Gasteiger partial charge < -0.3 is 14.5 Å². The number of hydrogen-bond donors (Lipinski definition) is 0. The molecular formula is C26H28N2O2S. The summed E-state index contributed by atoms with van der Waals surface area (Å²) in [5.41, 5.74) is 4.35. The average Bonchev–Trinajstić information content (AvgIpc) is 2.83. The number of ether oxygens (including phenoxy) is 1. The Morgan fingerprint density at radius 1 is 0.903 bits per heavy atom. The van der Waals surface area contributed by atoms with Crippen molar-refractivity contribution in [2.45, 2.75) is 17.6 Å². The number of amides is 1. The van der Waals surface area contributed by atoms with Crippen molar-refractivity contribution in [2.24, 2.45) is 0 Å². The van der Waals surface area contributed by atoms with Crippen LogP contribution in [0.4, 0.5) is 5.69 Å². The molecule has 4 nitrogen and oxygen atoms in total. The zero-order chi connectivity index (χ0) is 21.6. The molecule has 1 amide bonds. The molecule has 5 heteroatoms. The summed E-state index contributed by atoms with van der Waals surface area (Å²) in [6.45, 7) is 5.13. The van der Waals surface area contributed by atoms with Crippen LogP contribution >= 0.6 is 11.8 Å². The van der Waals surface area contributed by atoms with Gasteiger partial charge in [-0.2, -0.15) is 0 Å². The second-order valence-electron chi connectivity index (χ2n) is 7.75. The number of hydrogen-bond acceptors (Lipinski definition) is 4. The highest BCUT2D eigenvalue weighted by atomic mass is 32.2. The van der Waals surface area contributed by atoms with Crippen LogP contribution in [-0.2, 0) is 5.75 Å². The van der Waals surface area contributed by atoms with Gasteiger partial charge in [-0.25, -0.2) is 0 Å². The molecular weight excluding hydrogens is 404 g/mol. The summed E-state index contributed by atoms with van der Waals surface area (Å²) in [5, 5.41) is 0. The minimum atomic E-state index is 0.109. The first kappa shape index (κ1) is 21.3. The maximum absolute atomic E-state index is 13.0. The number of nitrogens with zero attached hydrogens (tertiary/aromatic N) is 2. The highest BCUT2D eigenvalue weighted by Gasteiger charge is 2.23. The fourth-order valence-corrected chi connectivity index (χ4v) is 4.62. The van der Waals surface area contributed by atoms with Gasteiger partial charge in [-0.3, -0.25) is 4.79 Å². The Bertz CT molecular complexity index is 1010. The summed E-state index contributed by atoms with van der Waals surface area (Å²) < 4.78 is 5.48. The van der Waals surface area contributed by atoms with E-state index >= 15 is 0 Å². The quantitative estimate of drug-likeness (QED) is 0.498. The number of carbonyl (C=O) groups excluding carboxylic acids is 1. The minimum Gasteiger partial charge on any atom is -0.495 e. The number of carbonyl (C=O) groups is 1. The lowest BCUT2D eigenvalue weighted by molar-refractivity contribution is 0.0746. The smallest absolute Gasteiger partial charge is 0.253 e. The number of methoxy groups -OCH3 is 1. The summed E-state index contributed by atoms with van der Waals surface area (Å²) in [6.07, 6.45) is 0. The van der Waals surface area contributed by atoms with E-state index in [0.717, 1.165) is 35.8 Å². The topological polar surface area (TPSA) is 32.8 Å². The van der Waals surface area contributed by atoms with Gasteiger partial charge in [0, 0.05) is 42.4 Å². The molecule has 1 aliphatic rings. The number of benzene rings is 3. The van der Waals surface area contributed by atoms with Crippen LogP contribution in [0.5, 0.6) is 5.75 Å². The van der Waals surface area contributed by atoms with Gasteiger partial charge in [0.25, 0.3) is 5.91 Å². The SMILES string of the molecule is COc1ccccc1N1CCN(C(=O)c2ccc(CSc3ccc(C)cc3)cc2)CC1. The Kier molecular flexibility index (Phi) is 6.82. The van der Waals surface area contributed by atoms with E-state index in [9.17, 15) is 4.79 Å². The predicted molar refractivity (Wildman–Crippen MR) is 128 cm³/mol. The van der Waals surface area contributed by atoms with E-state index in [0.29, 0.717) is 13.1 Å². The van der Waals surface area contributed by atoms with Crippen LogP contribution in [0, 0.1) is 6.92 Å². The van der Waals surface area contributed by atoms with Gasteiger partial charge in [-0.1, -0.05) is 42.0 Å². The molecule has 0 aromatic heterocycles. The standard InChI is InChI=1S/C26H28N2O2S/c1-20-7-13-23(14-8-20)31-19-21-9-11-22(12-10-21)26(29)28-17-15-27(16-18-28)24-5-3-4-6-25(24)30-2/h3-14H,15-19H2,1-2H3. The molecule has 31 heavy (non-hydrogen) atoms. The molecule has 0 saturated carbocycles. The van der Waals surface area contributed by atoms with Gasteiger partial charge >= 0.3 is 0 Å². The molecule has 0 radical (unpaired) electrons. The van der Waals surface area contributed by atoms with Crippen LogP contribution in [0.2, 0.25) is 0 Å². The molecule has 0 N–H and O–H groups in total. The zero-order valence-corrected chi connectivity index (χ0v) is 18.9. The largest absolute Gasteiger partial charge is 0.495 e. The number of piperazine rings is 1. The predicted octanol–water partition coefficient (Wildman–Crippen LogP) is 5.26. The first-order valence-corrected chi connectivity index (χ1v) is 11.6. The van der Waals surface area contributed by atoms with Gasteiger partial charge in [0.15, 0.2) is 0 Å². The lowest BCUT2D eigenvalue weighted by Crippen LogP contribution is -2.48. The van der Waals surface area contributed by atoms with Crippen molar-refractivity contribution in [3.05, 3.63) is 89.5 Å². The van der Waals surface area contributed by atoms with Crippen LogP contribution in [0.3, 0.4) is 0 Å². The van der Waals surface area contributed by atoms with E-state index < -0.39 is 0 Å². The maximum Gasteiger partial charge on any atom is 0.253 e. The van der Waals surface area contributed by atoms with Crippen molar-refractivity contribution in [1.29, 1.82) is 0 Å². The molecule has 0 bridgehead atoms. The lowest BCUT2D eigenvalue weighted by Gasteiger charge is -2.36. The van der Waals surface area contributed by atoms with Gasteiger partial charge in [-0.15, -0.1) is 11.8 Å². The van der Waals surface area contributed by atoms with E-state index in [1.54, 1.807) is 7.11 Å². The lowest BCUT2D eigenvalue weighted by atomic mass is 10.1. The molecule has 0 spiro atoms. The van der Waals surface area contributed by atoms with E-state index in [2.05, 4.69) is 54.3 Å². The van der Waals surface area contributed by atoms with Crippen LogP contribution in [-0.4, -0.2) is 44.1 Å². The molecule has 4 rings (SSSR count). The average molecular weight is 433 g/mol. The Labute approximate surface area is 188 Å². The molecule has 3 aromatic rings. The highest BCUT2D eigenvalue weighted by molar-refractivity contribution is 7.98. The third-order valence-electron chi connectivity index (χ3n) is 5.62. The molecule has 0 aliphatic carbocycles. The summed E-state index contributed by atoms with van der Waals surface area (Å²) >= 11 is 1.81. The monoisotopic (exact) mass is 432 g/mol. The molecule has 160 valence electrons. The van der Waals surface area contributed by atoms with Gasteiger partial charge in [0.05, 0.1) is 12.8 Å². The van der Waals surface area contributed by atoms with Gasteiger partial charge in [-0.05, 0) is 48.9 Å². The maximum atomic E-state index is 13.0. The van der Waals surface area contributed by atoms with Crippen LogP contribution in [0.15, 0.2) is 77.7 Å². The second kappa shape index (κ2) is 9.92. The molecule has 3 aromatic carbocycles. The summed E-state index contributed by atoms with van der Waals surface area (Å²) in [5.74, 6) is 1.88. The Balaban J connectivity index is 1.32. The van der Waals surface area contributed by atoms with Crippen molar-refractivity contribution in [3.63, 3.8) is 0 Å².